The zero-order valence-corrected chi connectivity index (χ0v) is 12.5. The lowest BCUT2D eigenvalue weighted by Crippen LogP contribution is -2.38. The molecule has 1 aliphatic rings. The first-order valence-corrected chi connectivity index (χ1v) is 7.52. The number of aromatic nitrogens is 1. The Kier molecular flexibility index (Phi) is 4.41. The number of amides is 1. The van der Waals surface area contributed by atoms with E-state index in [9.17, 15) is 14.0 Å². The van der Waals surface area contributed by atoms with Crippen LogP contribution in [-0.4, -0.2) is 23.1 Å². The number of nitrogens with zero attached hydrogens (tertiary/aromatic N) is 1. The number of nitrogens with one attached hydrogen (secondary N) is 1. The summed E-state index contributed by atoms with van der Waals surface area (Å²) in [6.45, 7) is 0.988. The van der Waals surface area contributed by atoms with Gasteiger partial charge in [0, 0.05) is 37.3 Å². The first-order valence-electron chi connectivity index (χ1n) is 7.52. The van der Waals surface area contributed by atoms with Gasteiger partial charge < -0.3 is 14.6 Å². The minimum Gasteiger partial charge on any atom is -0.480 e. The highest BCUT2D eigenvalue weighted by Crippen LogP contribution is 2.29. The largest absolute Gasteiger partial charge is 0.480 e. The molecule has 0 spiro atoms. The zero-order chi connectivity index (χ0) is 16.2. The van der Waals surface area contributed by atoms with E-state index in [-0.39, 0.29) is 17.3 Å². The van der Waals surface area contributed by atoms with Gasteiger partial charge in [-0.2, -0.15) is 0 Å². The van der Waals surface area contributed by atoms with Crippen molar-refractivity contribution < 1.29 is 13.9 Å². The fraction of sp³-hybridized carbons (Fsp3) is 0.294. The Hall–Kier alpha value is -2.63. The molecule has 0 radical (unpaired) electrons. The molecule has 1 aromatic carbocycles. The third-order valence-electron chi connectivity index (χ3n) is 3.76. The monoisotopic (exact) mass is 316 g/mol. The van der Waals surface area contributed by atoms with Gasteiger partial charge in [0.1, 0.15) is 11.6 Å². The van der Waals surface area contributed by atoms with Crippen LogP contribution < -0.4 is 15.6 Å². The maximum Gasteiger partial charge on any atom is 0.261 e. The molecule has 23 heavy (non-hydrogen) atoms. The van der Waals surface area contributed by atoms with Crippen LogP contribution in [0.15, 0.2) is 47.4 Å². The number of carbonyl (C=O) groups is 1. The minimum absolute atomic E-state index is 0.0598. The molecular formula is C17H17FN2O3. The number of pyridine rings is 1. The molecule has 0 fully saturated rings. The van der Waals surface area contributed by atoms with Crippen LogP contribution in [0, 0.1) is 5.82 Å². The van der Waals surface area contributed by atoms with Crippen LogP contribution in [0.1, 0.15) is 12.0 Å². The normalized spacial score (nSPS) is 15.8. The first kappa shape index (κ1) is 15.3. The van der Waals surface area contributed by atoms with Crippen LogP contribution in [-0.2, 0) is 17.8 Å². The molecule has 1 N–H and O–H groups in total. The number of ether oxygens (including phenoxy) is 1. The first-order chi connectivity index (χ1) is 11.1. The molecule has 0 bridgehead atoms. The minimum atomic E-state index is -0.619. The number of halogens is 1. The SMILES string of the molecule is O=C(NCCCn1ccccc1=O)[C@@H]1Cc2cc(F)ccc2O1. The molecule has 0 saturated heterocycles. The molecule has 0 saturated carbocycles. The van der Waals surface area contributed by atoms with E-state index in [0.29, 0.717) is 37.2 Å². The average molecular weight is 316 g/mol. The van der Waals surface area contributed by atoms with Crippen molar-refractivity contribution in [1.82, 2.24) is 9.88 Å². The fourth-order valence-electron chi connectivity index (χ4n) is 2.58. The summed E-state index contributed by atoms with van der Waals surface area (Å²) in [6, 6.07) is 9.24. The summed E-state index contributed by atoms with van der Waals surface area (Å²) in [5, 5.41) is 2.79. The van der Waals surface area contributed by atoms with E-state index in [0.717, 1.165) is 0 Å². The average Bonchev–Trinajstić information content (AvgIpc) is 2.96. The maximum absolute atomic E-state index is 13.1. The van der Waals surface area contributed by atoms with E-state index in [2.05, 4.69) is 5.32 Å². The Morgan fingerprint density at radius 3 is 3.04 bits per heavy atom. The second kappa shape index (κ2) is 6.64. The van der Waals surface area contributed by atoms with E-state index >= 15 is 0 Å². The molecule has 5 nitrogen and oxygen atoms in total. The second-order valence-electron chi connectivity index (χ2n) is 5.44. The highest BCUT2D eigenvalue weighted by molar-refractivity contribution is 5.82. The van der Waals surface area contributed by atoms with Gasteiger partial charge in [-0.1, -0.05) is 6.07 Å². The van der Waals surface area contributed by atoms with Gasteiger partial charge in [0.15, 0.2) is 6.10 Å². The topological polar surface area (TPSA) is 60.3 Å². The van der Waals surface area contributed by atoms with Gasteiger partial charge in [-0.05, 0) is 30.7 Å². The molecule has 1 aromatic heterocycles. The third kappa shape index (κ3) is 3.59. The fourth-order valence-corrected chi connectivity index (χ4v) is 2.58. The molecular weight excluding hydrogens is 299 g/mol. The van der Waals surface area contributed by atoms with Crippen LogP contribution in [0.4, 0.5) is 4.39 Å². The smallest absolute Gasteiger partial charge is 0.261 e. The van der Waals surface area contributed by atoms with Crippen molar-refractivity contribution >= 4 is 5.91 Å². The number of hydrogen-bond donors (Lipinski definition) is 1. The lowest BCUT2D eigenvalue weighted by Gasteiger charge is -2.11. The lowest BCUT2D eigenvalue weighted by molar-refractivity contribution is -0.127. The number of carbonyl (C=O) groups excluding carboxylic acids is 1. The number of fused-ring (bicyclic) bond motifs is 1. The van der Waals surface area contributed by atoms with E-state index in [4.69, 9.17) is 4.74 Å². The Labute approximate surface area is 132 Å². The van der Waals surface area contributed by atoms with Gasteiger partial charge in [-0.3, -0.25) is 9.59 Å². The van der Waals surface area contributed by atoms with Crippen molar-refractivity contribution in [1.29, 1.82) is 0 Å². The third-order valence-corrected chi connectivity index (χ3v) is 3.76. The standard InChI is InChI=1S/C17H17FN2O3/c18-13-5-6-14-12(10-13)11-15(23-14)17(22)19-7-3-9-20-8-2-1-4-16(20)21/h1-2,4-6,8,10,15H,3,7,9,11H2,(H,19,22)/t15-/m0/s1. The molecule has 2 heterocycles. The van der Waals surface area contributed by atoms with Crippen molar-refractivity contribution in [2.24, 2.45) is 0 Å². The van der Waals surface area contributed by atoms with Crippen molar-refractivity contribution in [3.63, 3.8) is 0 Å². The van der Waals surface area contributed by atoms with Gasteiger partial charge in [0.2, 0.25) is 5.56 Å². The predicted molar refractivity (Wildman–Crippen MR) is 82.8 cm³/mol. The van der Waals surface area contributed by atoms with Crippen LogP contribution in [0.25, 0.3) is 0 Å². The van der Waals surface area contributed by atoms with Gasteiger partial charge >= 0.3 is 0 Å². The van der Waals surface area contributed by atoms with Gasteiger partial charge in [0.25, 0.3) is 5.91 Å². The summed E-state index contributed by atoms with van der Waals surface area (Å²) in [5.41, 5.74) is 0.649. The Morgan fingerprint density at radius 1 is 1.35 bits per heavy atom. The molecule has 2 aromatic rings. The number of aryl methyl sites for hydroxylation is 1. The van der Waals surface area contributed by atoms with Crippen LogP contribution in [0.5, 0.6) is 5.75 Å². The molecule has 3 rings (SSSR count). The van der Waals surface area contributed by atoms with Crippen LogP contribution >= 0.6 is 0 Å². The number of hydrogen-bond acceptors (Lipinski definition) is 3. The number of benzene rings is 1. The van der Waals surface area contributed by atoms with Crippen molar-refractivity contribution in [3.05, 3.63) is 64.3 Å². The van der Waals surface area contributed by atoms with E-state index < -0.39 is 6.10 Å². The maximum atomic E-state index is 13.1. The van der Waals surface area contributed by atoms with Crippen LogP contribution in [0.2, 0.25) is 0 Å². The van der Waals surface area contributed by atoms with Crippen molar-refractivity contribution in [3.8, 4) is 5.75 Å². The Bertz CT molecular complexity index is 772. The molecule has 1 aliphatic heterocycles. The van der Waals surface area contributed by atoms with E-state index in [1.807, 2.05) is 0 Å². The van der Waals surface area contributed by atoms with Gasteiger partial charge in [-0.25, -0.2) is 4.39 Å². The van der Waals surface area contributed by atoms with E-state index in [1.54, 1.807) is 29.0 Å². The highest BCUT2D eigenvalue weighted by Gasteiger charge is 2.28. The highest BCUT2D eigenvalue weighted by atomic mass is 19.1. The molecule has 0 unspecified atom stereocenters. The van der Waals surface area contributed by atoms with Crippen LogP contribution in [0.3, 0.4) is 0 Å². The molecule has 120 valence electrons. The molecule has 1 amide bonds. The molecule has 6 heteroatoms. The zero-order valence-electron chi connectivity index (χ0n) is 12.5. The number of rotatable bonds is 5. The Balaban J connectivity index is 1.46. The molecule has 0 aliphatic carbocycles. The summed E-state index contributed by atoms with van der Waals surface area (Å²) in [6.07, 6.45) is 2.11. The summed E-state index contributed by atoms with van der Waals surface area (Å²) < 4.78 is 20.3. The summed E-state index contributed by atoms with van der Waals surface area (Å²) in [7, 11) is 0. The molecule has 1 atom stereocenters. The van der Waals surface area contributed by atoms with Crippen molar-refractivity contribution in [2.45, 2.75) is 25.5 Å². The van der Waals surface area contributed by atoms with Crippen molar-refractivity contribution in [2.75, 3.05) is 6.54 Å². The van der Waals surface area contributed by atoms with Gasteiger partial charge in [0.05, 0.1) is 0 Å². The lowest BCUT2D eigenvalue weighted by atomic mass is 10.1. The van der Waals surface area contributed by atoms with E-state index in [1.165, 1.54) is 18.2 Å². The summed E-state index contributed by atoms with van der Waals surface area (Å²) in [4.78, 5) is 23.6. The van der Waals surface area contributed by atoms with Gasteiger partial charge in [-0.15, -0.1) is 0 Å². The summed E-state index contributed by atoms with van der Waals surface area (Å²) >= 11 is 0. The quantitative estimate of drug-likeness (QED) is 0.850. The second-order valence-corrected chi connectivity index (χ2v) is 5.44. The Morgan fingerprint density at radius 2 is 2.22 bits per heavy atom. The summed E-state index contributed by atoms with van der Waals surface area (Å²) in [5.74, 6) is 0.00566. The predicted octanol–water partition coefficient (Wildman–Crippen LogP) is 1.50.